The molecule has 0 N–H and O–H groups in total. The van der Waals surface area contributed by atoms with Gasteiger partial charge in [0.15, 0.2) is 34.6 Å². The van der Waals surface area contributed by atoms with Crippen LogP contribution in [0, 0.1) is 0 Å². The topological polar surface area (TPSA) is 71.1 Å². The minimum Gasteiger partial charge on any atom is -0.454 e. The van der Waals surface area contributed by atoms with E-state index in [4.69, 9.17) is 18.9 Å². The lowest BCUT2D eigenvalue weighted by atomic mass is 10.1. The van der Waals surface area contributed by atoms with Gasteiger partial charge >= 0.3 is 0 Å². The molecule has 2 aromatic carbocycles. The minimum atomic E-state index is -0.310. The number of ether oxygens (including phenoxy) is 4. The monoisotopic (exact) mass is 494 g/mol. The van der Waals surface area contributed by atoms with E-state index in [1.54, 1.807) is 35.7 Å². The normalized spacial score (nSPS) is 16.8. The van der Waals surface area contributed by atoms with Crippen molar-refractivity contribution in [1.82, 2.24) is 0 Å². The molecule has 3 aliphatic heterocycles. The van der Waals surface area contributed by atoms with E-state index in [0.717, 1.165) is 39.7 Å². The lowest BCUT2D eigenvalue weighted by Gasteiger charge is -2.08. The fourth-order valence-corrected chi connectivity index (χ4v) is 6.18. The van der Waals surface area contributed by atoms with Crippen LogP contribution in [0.1, 0.15) is 24.0 Å². The Hall–Kier alpha value is -3.10. The van der Waals surface area contributed by atoms with Crippen molar-refractivity contribution in [2.45, 2.75) is 12.8 Å². The minimum absolute atomic E-state index is 0.191. The summed E-state index contributed by atoms with van der Waals surface area (Å²) in [7, 11) is 0. The molecule has 0 unspecified atom stereocenters. The molecule has 0 radical (unpaired) electrons. The molecule has 0 bridgehead atoms. The van der Waals surface area contributed by atoms with Crippen LogP contribution in [0.3, 0.4) is 0 Å². The fraction of sp³-hybridized carbons (Fsp3) is 0.231. The second kappa shape index (κ2) is 10.4. The van der Waals surface area contributed by atoms with Crippen LogP contribution >= 0.6 is 23.5 Å². The van der Waals surface area contributed by atoms with Crippen molar-refractivity contribution in [3.63, 3.8) is 0 Å². The zero-order valence-electron chi connectivity index (χ0n) is 18.3. The van der Waals surface area contributed by atoms with Gasteiger partial charge in [0.25, 0.3) is 0 Å². The number of ketones is 2. The standard InChI is InChI=1S/C26H22O6S2/c27-19(7-3-17-5-9-21-23(13-17)31-15-29-21)25(26-33-11-1-2-12-34-26)20(28)8-4-18-6-10-22-24(14-18)32-16-30-22/h3-10,13-14H,1-2,11-12,15-16H2. The van der Waals surface area contributed by atoms with Crippen molar-refractivity contribution < 1.29 is 28.5 Å². The van der Waals surface area contributed by atoms with E-state index >= 15 is 0 Å². The van der Waals surface area contributed by atoms with Gasteiger partial charge in [0.05, 0.1) is 9.81 Å². The van der Waals surface area contributed by atoms with Gasteiger partial charge in [-0.2, -0.15) is 0 Å². The molecule has 6 nitrogen and oxygen atoms in total. The van der Waals surface area contributed by atoms with Gasteiger partial charge in [-0.15, -0.1) is 23.5 Å². The van der Waals surface area contributed by atoms with Gasteiger partial charge in [-0.3, -0.25) is 9.59 Å². The molecule has 0 aromatic heterocycles. The third kappa shape index (κ3) is 5.18. The summed E-state index contributed by atoms with van der Waals surface area (Å²) in [6.07, 6.45) is 8.45. The second-order valence-corrected chi connectivity index (χ2v) is 10.2. The molecule has 2 aromatic rings. The average Bonchev–Trinajstić information content (AvgIpc) is 3.44. The van der Waals surface area contributed by atoms with E-state index in [-0.39, 0.29) is 30.7 Å². The third-order valence-electron chi connectivity index (χ3n) is 5.35. The molecule has 1 fully saturated rings. The number of benzene rings is 2. The lowest BCUT2D eigenvalue weighted by molar-refractivity contribution is -0.116. The summed E-state index contributed by atoms with van der Waals surface area (Å²) < 4.78 is 22.3. The van der Waals surface area contributed by atoms with Crippen LogP contribution in [0.2, 0.25) is 0 Å². The summed E-state index contributed by atoms with van der Waals surface area (Å²) in [4.78, 5) is 26.5. The molecule has 34 heavy (non-hydrogen) atoms. The Morgan fingerprint density at radius 1 is 0.676 bits per heavy atom. The van der Waals surface area contributed by atoms with Crippen LogP contribution in [0.4, 0.5) is 0 Å². The molecule has 174 valence electrons. The zero-order chi connectivity index (χ0) is 23.3. The summed E-state index contributed by atoms with van der Waals surface area (Å²) >= 11 is 3.17. The van der Waals surface area contributed by atoms with E-state index in [2.05, 4.69) is 0 Å². The number of carbonyl (C=O) groups excluding carboxylic acids is 2. The molecule has 1 saturated heterocycles. The maximum Gasteiger partial charge on any atom is 0.231 e. The van der Waals surface area contributed by atoms with Crippen LogP contribution in [-0.4, -0.2) is 36.7 Å². The molecular formula is C26H22O6S2. The molecule has 0 saturated carbocycles. The summed E-state index contributed by atoms with van der Waals surface area (Å²) in [5.41, 5.74) is 1.81. The zero-order valence-corrected chi connectivity index (χ0v) is 19.9. The molecule has 0 atom stereocenters. The Bertz CT molecular complexity index is 1120. The first-order chi connectivity index (χ1) is 16.7. The number of fused-ring (bicyclic) bond motifs is 2. The van der Waals surface area contributed by atoms with Gasteiger partial charge in [0.1, 0.15) is 0 Å². The Balaban J connectivity index is 1.39. The van der Waals surface area contributed by atoms with E-state index < -0.39 is 0 Å². The predicted octanol–water partition coefficient (Wildman–Crippen LogP) is 5.48. The summed E-state index contributed by atoms with van der Waals surface area (Å²) in [6, 6.07) is 10.9. The van der Waals surface area contributed by atoms with E-state index in [1.807, 2.05) is 36.4 Å². The van der Waals surface area contributed by atoms with Crippen LogP contribution in [0.5, 0.6) is 23.0 Å². The van der Waals surface area contributed by atoms with Crippen LogP contribution in [-0.2, 0) is 9.59 Å². The number of allylic oxidation sites excluding steroid dienone is 3. The molecule has 3 aliphatic rings. The Morgan fingerprint density at radius 3 is 1.65 bits per heavy atom. The Morgan fingerprint density at radius 2 is 1.15 bits per heavy atom. The first-order valence-electron chi connectivity index (χ1n) is 10.9. The highest BCUT2D eigenvalue weighted by Crippen LogP contribution is 2.38. The van der Waals surface area contributed by atoms with Crippen molar-refractivity contribution in [2.75, 3.05) is 25.1 Å². The van der Waals surface area contributed by atoms with Crippen LogP contribution < -0.4 is 18.9 Å². The summed E-state index contributed by atoms with van der Waals surface area (Å²) in [5, 5.41) is 0. The molecule has 5 rings (SSSR count). The molecule has 0 aliphatic carbocycles. The summed E-state index contributed by atoms with van der Waals surface area (Å²) in [5.74, 6) is 3.82. The number of hydrogen-bond donors (Lipinski definition) is 0. The van der Waals surface area contributed by atoms with Crippen molar-refractivity contribution in [3.05, 3.63) is 69.5 Å². The average molecular weight is 495 g/mol. The maximum atomic E-state index is 13.2. The predicted molar refractivity (Wildman–Crippen MR) is 134 cm³/mol. The van der Waals surface area contributed by atoms with Gasteiger partial charge in [0, 0.05) is 0 Å². The quantitative estimate of drug-likeness (QED) is 0.297. The second-order valence-electron chi connectivity index (χ2n) is 7.69. The number of rotatable bonds is 6. The fourth-order valence-electron chi connectivity index (χ4n) is 3.59. The third-order valence-corrected chi connectivity index (χ3v) is 7.97. The largest absolute Gasteiger partial charge is 0.454 e. The van der Waals surface area contributed by atoms with Crippen LogP contribution in [0.25, 0.3) is 12.2 Å². The van der Waals surface area contributed by atoms with Crippen molar-refractivity contribution in [1.29, 1.82) is 0 Å². The number of carbonyl (C=O) groups is 2. The van der Waals surface area contributed by atoms with E-state index in [9.17, 15) is 9.59 Å². The van der Waals surface area contributed by atoms with Gasteiger partial charge < -0.3 is 18.9 Å². The van der Waals surface area contributed by atoms with Crippen molar-refractivity contribution in [2.24, 2.45) is 0 Å². The molecule has 0 amide bonds. The maximum absolute atomic E-state index is 13.2. The SMILES string of the molecule is O=C(C=Cc1ccc2c(c1)OCO2)C(C(=O)C=Cc1ccc2c(c1)OCO2)=C1SCCCCS1. The molecular weight excluding hydrogens is 472 g/mol. The van der Waals surface area contributed by atoms with Crippen molar-refractivity contribution in [3.8, 4) is 23.0 Å². The van der Waals surface area contributed by atoms with E-state index in [0.29, 0.717) is 23.0 Å². The Kier molecular flexibility index (Phi) is 6.97. The van der Waals surface area contributed by atoms with E-state index in [1.165, 1.54) is 12.2 Å². The molecule has 8 heteroatoms. The van der Waals surface area contributed by atoms with Gasteiger partial charge in [-0.1, -0.05) is 24.3 Å². The molecule has 0 spiro atoms. The van der Waals surface area contributed by atoms with Gasteiger partial charge in [0.2, 0.25) is 13.6 Å². The number of thioether (sulfide) groups is 2. The highest BCUT2D eigenvalue weighted by atomic mass is 32.2. The summed E-state index contributed by atoms with van der Waals surface area (Å²) in [6.45, 7) is 0.382. The highest BCUT2D eigenvalue weighted by Gasteiger charge is 2.22. The highest BCUT2D eigenvalue weighted by molar-refractivity contribution is 8.22. The van der Waals surface area contributed by atoms with Gasteiger partial charge in [-0.25, -0.2) is 0 Å². The lowest BCUT2D eigenvalue weighted by Crippen LogP contribution is -2.10. The Labute approximate surface area is 206 Å². The number of hydrogen-bond acceptors (Lipinski definition) is 8. The van der Waals surface area contributed by atoms with Gasteiger partial charge in [-0.05, 0) is 71.9 Å². The smallest absolute Gasteiger partial charge is 0.231 e. The van der Waals surface area contributed by atoms with Crippen molar-refractivity contribution >= 4 is 47.2 Å². The first kappa shape index (κ1) is 22.7. The van der Waals surface area contributed by atoms with Crippen LogP contribution in [0.15, 0.2) is 58.4 Å². The molecule has 3 heterocycles. The first-order valence-corrected chi connectivity index (χ1v) is 12.9.